The molecular formula is C8H4O2. The Morgan fingerprint density at radius 1 is 0.800 bits per heavy atom. The standard InChI is InChI=1S/C8H4O2/c9-6-3-1-5-2-4-7(10)8(5)6/h1-4H. The number of hydrogen-bond acceptors (Lipinski definition) is 2. The van der Waals surface area contributed by atoms with Gasteiger partial charge in [0.05, 0.1) is 5.22 Å². The van der Waals surface area contributed by atoms with Crippen molar-refractivity contribution in [2.45, 2.75) is 0 Å². The van der Waals surface area contributed by atoms with Gasteiger partial charge in [-0.05, 0) is 17.4 Å². The normalized spacial score (nSPS) is 10.8. The SMILES string of the molecule is O=c1ccc2ccc(=O)c1=2. The van der Waals surface area contributed by atoms with Crippen molar-refractivity contribution < 1.29 is 0 Å². The Morgan fingerprint density at radius 3 is 1.70 bits per heavy atom. The lowest BCUT2D eigenvalue weighted by Crippen LogP contribution is -2.05. The van der Waals surface area contributed by atoms with Gasteiger partial charge in [-0.2, -0.15) is 0 Å². The largest absolute Gasteiger partial charge is 0.289 e. The van der Waals surface area contributed by atoms with Crippen LogP contribution < -0.4 is 10.9 Å². The molecular weight excluding hydrogens is 128 g/mol. The maximum Gasteiger partial charge on any atom is 0.190 e. The van der Waals surface area contributed by atoms with E-state index in [9.17, 15) is 9.59 Å². The first-order valence-corrected chi connectivity index (χ1v) is 2.98. The average molecular weight is 132 g/mol. The molecule has 0 radical (unpaired) electrons. The van der Waals surface area contributed by atoms with Gasteiger partial charge in [0.1, 0.15) is 0 Å². The fourth-order valence-corrected chi connectivity index (χ4v) is 1.13. The molecule has 2 rings (SSSR count). The molecule has 0 heterocycles. The van der Waals surface area contributed by atoms with Crippen LogP contribution in [0.2, 0.25) is 0 Å². The minimum atomic E-state index is -0.162. The number of hydrogen-bond donors (Lipinski definition) is 0. The predicted molar refractivity (Wildman–Crippen MR) is 36.7 cm³/mol. The molecule has 2 heteroatoms. The van der Waals surface area contributed by atoms with Gasteiger partial charge in [0, 0.05) is 0 Å². The Kier molecular flexibility index (Phi) is 0.822. The van der Waals surface area contributed by atoms with Gasteiger partial charge >= 0.3 is 0 Å². The smallest absolute Gasteiger partial charge is 0.190 e. The van der Waals surface area contributed by atoms with Crippen molar-refractivity contribution in [3.05, 3.63) is 55.1 Å². The van der Waals surface area contributed by atoms with Crippen LogP contribution >= 0.6 is 0 Å². The highest BCUT2D eigenvalue weighted by molar-refractivity contribution is 5.18. The van der Waals surface area contributed by atoms with Crippen LogP contribution in [-0.2, 0) is 0 Å². The van der Waals surface area contributed by atoms with Crippen LogP contribution in [0.3, 0.4) is 0 Å². The van der Waals surface area contributed by atoms with E-state index >= 15 is 0 Å². The summed E-state index contributed by atoms with van der Waals surface area (Å²) < 4.78 is 0. The molecule has 0 amide bonds. The van der Waals surface area contributed by atoms with Crippen molar-refractivity contribution in [2.24, 2.45) is 0 Å². The van der Waals surface area contributed by atoms with E-state index in [-0.39, 0.29) is 10.9 Å². The summed E-state index contributed by atoms with van der Waals surface area (Å²) in [7, 11) is 0. The van der Waals surface area contributed by atoms with Crippen LogP contribution in [0, 0.1) is 10.4 Å². The minimum absolute atomic E-state index is 0.162. The summed E-state index contributed by atoms with van der Waals surface area (Å²) >= 11 is 0. The molecule has 2 aliphatic rings. The third kappa shape index (κ3) is 0.480. The zero-order valence-electron chi connectivity index (χ0n) is 5.13. The van der Waals surface area contributed by atoms with E-state index in [0.29, 0.717) is 5.22 Å². The van der Waals surface area contributed by atoms with Crippen LogP contribution in [-0.4, -0.2) is 0 Å². The van der Waals surface area contributed by atoms with E-state index < -0.39 is 0 Å². The first kappa shape index (κ1) is 5.35. The fourth-order valence-electron chi connectivity index (χ4n) is 1.13. The summed E-state index contributed by atoms with van der Waals surface area (Å²) in [5, 5.41) is 1.09. The molecule has 2 nitrogen and oxygen atoms in total. The van der Waals surface area contributed by atoms with Crippen molar-refractivity contribution in [1.82, 2.24) is 0 Å². The van der Waals surface area contributed by atoms with Gasteiger partial charge in [0.2, 0.25) is 0 Å². The molecule has 0 aromatic carbocycles. The third-order valence-electron chi connectivity index (χ3n) is 1.61. The Bertz CT molecular complexity index is 446. The summed E-state index contributed by atoms with van der Waals surface area (Å²) in [6, 6.07) is 6.18. The van der Waals surface area contributed by atoms with E-state index in [1.807, 2.05) is 0 Å². The first-order valence-electron chi connectivity index (χ1n) is 2.98. The zero-order valence-corrected chi connectivity index (χ0v) is 5.13. The quantitative estimate of drug-likeness (QED) is 0.506. The van der Waals surface area contributed by atoms with Gasteiger partial charge in [-0.1, -0.05) is 12.1 Å². The summed E-state index contributed by atoms with van der Waals surface area (Å²) in [5.41, 5.74) is -0.324. The molecule has 0 aromatic heterocycles. The molecule has 0 aromatic rings. The molecule has 0 unspecified atom stereocenters. The lowest BCUT2D eigenvalue weighted by molar-refractivity contribution is 1.53. The van der Waals surface area contributed by atoms with Crippen LogP contribution in [0.1, 0.15) is 0 Å². The first-order chi connectivity index (χ1) is 4.79. The van der Waals surface area contributed by atoms with Crippen molar-refractivity contribution in [3.63, 3.8) is 0 Å². The summed E-state index contributed by atoms with van der Waals surface area (Å²) in [4.78, 5) is 21.7. The van der Waals surface area contributed by atoms with Crippen molar-refractivity contribution in [3.8, 4) is 0 Å². The predicted octanol–water partition coefficient (Wildman–Crippen LogP) is 0.00738. The molecule has 10 heavy (non-hydrogen) atoms. The second-order valence-electron chi connectivity index (χ2n) is 2.23. The average Bonchev–Trinajstić information content (AvgIpc) is 2.40. The Labute approximate surface area is 56.1 Å². The fraction of sp³-hybridized carbons (Fsp3) is 0. The van der Waals surface area contributed by atoms with Gasteiger partial charge in [-0.15, -0.1) is 0 Å². The maximum atomic E-state index is 10.9. The zero-order chi connectivity index (χ0) is 7.14. The molecule has 0 spiro atoms. The van der Waals surface area contributed by atoms with Gasteiger partial charge in [-0.3, -0.25) is 9.59 Å². The summed E-state index contributed by atoms with van der Waals surface area (Å²) in [6.07, 6.45) is 0. The van der Waals surface area contributed by atoms with E-state index in [1.54, 1.807) is 12.1 Å². The highest BCUT2D eigenvalue weighted by Crippen LogP contribution is 1.89. The summed E-state index contributed by atoms with van der Waals surface area (Å²) in [6.45, 7) is 0. The monoisotopic (exact) mass is 132 g/mol. The summed E-state index contributed by atoms with van der Waals surface area (Å²) in [5.74, 6) is 0. The second kappa shape index (κ2) is 1.53. The Balaban J connectivity index is 3.40. The van der Waals surface area contributed by atoms with E-state index in [4.69, 9.17) is 0 Å². The van der Waals surface area contributed by atoms with Crippen molar-refractivity contribution >= 4 is 0 Å². The highest BCUT2D eigenvalue weighted by Gasteiger charge is 1.98. The van der Waals surface area contributed by atoms with E-state index in [0.717, 1.165) is 5.22 Å². The molecule has 0 bridgehead atoms. The minimum Gasteiger partial charge on any atom is -0.289 e. The topological polar surface area (TPSA) is 34.1 Å². The maximum absolute atomic E-state index is 10.9. The van der Waals surface area contributed by atoms with Crippen molar-refractivity contribution in [2.75, 3.05) is 0 Å². The molecule has 2 aliphatic carbocycles. The molecule has 0 aliphatic heterocycles. The molecule has 48 valence electrons. The Hall–Kier alpha value is -1.44. The van der Waals surface area contributed by atoms with Crippen molar-refractivity contribution in [1.29, 1.82) is 0 Å². The van der Waals surface area contributed by atoms with E-state index in [1.165, 1.54) is 12.1 Å². The van der Waals surface area contributed by atoms with Crippen LogP contribution in [0.5, 0.6) is 0 Å². The molecule has 0 saturated heterocycles. The van der Waals surface area contributed by atoms with Gasteiger partial charge in [0.25, 0.3) is 0 Å². The number of rotatable bonds is 0. The lowest BCUT2D eigenvalue weighted by Gasteiger charge is -1.60. The van der Waals surface area contributed by atoms with Crippen LogP contribution in [0.25, 0.3) is 0 Å². The van der Waals surface area contributed by atoms with Crippen LogP contribution in [0.4, 0.5) is 0 Å². The van der Waals surface area contributed by atoms with Gasteiger partial charge in [0.15, 0.2) is 10.9 Å². The van der Waals surface area contributed by atoms with Gasteiger partial charge < -0.3 is 0 Å². The third-order valence-corrected chi connectivity index (χ3v) is 1.61. The highest BCUT2D eigenvalue weighted by atomic mass is 16.1. The molecule has 0 fully saturated rings. The van der Waals surface area contributed by atoms with Crippen LogP contribution in [0.15, 0.2) is 33.9 Å². The molecule has 0 N–H and O–H groups in total. The molecule has 0 saturated carbocycles. The van der Waals surface area contributed by atoms with E-state index in [2.05, 4.69) is 0 Å². The van der Waals surface area contributed by atoms with Gasteiger partial charge in [-0.25, -0.2) is 0 Å². The second-order valence-corrected chi connectivity index (χ2v) is 2.23. The lowest BCUT2D eigenvalue weighted by atomic mass is 10.4. The molecule has 0 atom stereocenters. The Morgan fingerprint density at radius 2 is 1.30 bits per heavy atom.